The van der Waals surface area contributed by atoms with Crippen molar-refractivity contribution in [3.8, 4) is 0 Å². The van der Waals surface area contributed by atoms with Gasteiger partial charge in [0.05, 0.1) is 17.9 Å². The lowest BCUT2D eigenvalue weighted by molar-refractivity contribution is -0.130. The van der Waals surface area contributed by atoms with Crippen molar-refractivity contribution in [2.75, 3.05) is 5.75 Å². The van der Waals surface area contributed by atoms with E-state index in [0.29, 0.717) is 6.42 Å². The first-order valence-corrected chi connectivity index (χ1v) is 21.1. The quantitative estimate of drug-likeness (QED) is 0.0302. The molecule has 0 bridgehead atoms. The van der Waals surface area contributed by atoms with Gasteiger partial charge in [-0.2, -0.15) is 8.42 Å². The summed E-state index contributed by atoms with van der Waals surface area (Å²) < 4.78 is 32.4. The molecule has 0 aliphatic heterocycles. The number of nitrogens with one attached hydrogen (secondary N) is 1. The van der Waals surface area contributed by atoms with Gasteiger partial charge in [0.15, 0.2) is 0 Å². The van der Waals surface area contributed by atoms with Gasteiger partial charge in [-0.15, -0.1) is 0 Å². The lowest BCUT2D eigenvalue weighted by Gasteiger charge is -2.22. The van der Waals surface area contributed by atoms with Gasteiger partial charge in [0, 0.05) is 0 Å². The van der Waals surface area contributed by atoms with E-state index in [1.807, 2.05) is 0 Å². The highest BCUT2D eigenvalue weighted by atomic mass is 32.2. The molecule has 0 aromatic rings. The standard InChI is InChI=1S/C38H75NO6S/c1-3-5-7-9-11-13-15-17-19-21-22-24-26-28-30-32-36(40)35(34-46(43,44)45)39-38(42)37(41)33-31-29-27-25-23-20-18-16-14-12-10-8-6-4-2/h30,32,35-37,40-41H,3-29,31,33-34H2,1-2H3,(H,39,42)(H,43,44,45)/b32-30+. The van der Waals surface area contributed by atoms with Gasteiger partial charge < -0.3 is 15.5 Å². The van der Waals surface area contributed by atoms with Crippen LogP contribution in [0.1, 0.15) is 200 Å². The fourth-order valence-corrected chi connectivity index (χ4v) is 6.78. The molecule has 46 heavy (non-hydrogen) atoms. The third kappa shape index (κ3) is 31.6. The van der Waals surface area contributed by atoms with E-state index < -0.39 is 40.0 Å². The maximum atomic E-state index is 12.5. The zero-order valence-electron chi connectivity index (χ0n) is 30.1. The first kappa shape index (κ1) is 45.0. The summed E-state index contributed by atoms with van der Waals surface area (Å²) in [6.07, 6.45) is 35.5. The Hall–Kier alpha value is -0.960. The molecule has 0 radical (unpaired) electrons. The Balaban J connectivity index is 4.07. The number of allylic oxidation sites excluding steroid dienone is 1. The number of hydrogen-bond acceptors (Lipinski definition) is 5. The number of aliphatic hydroxyl groups excluding tert-OH is 2. The van der Waals surface area contributed by atoms with Crippen molar-refractivity contribution < 1.29 is 28.0 Å². The van der Waals surface area contributed by atoms with Crippen LogP contribution < -0.4 is 5.32 Å². The van der Waals surface area contributed by atoms with Gasteiger partial charge in [0.2, 0.25) is 5.91 Å². The fraction of sp³-hybridized carbons (Fsp3) is 0.921. The molecule has 7 nitrogen and oxygen atoms in total. The van der Waals surface area contributed by atoms with E-state index in [2.05, 4.69) is 19.2 Å². The van der Waals surface area contributed by atoms with Crippen LogP contribution >= 0.6 is 0 Å². The number of amides is 1. The Morgan fingerprint density at radius 3 is 1.30 bits per heavy atom. The third-order valence-corrected chi connectivity index (χ3v) is 9.85. The van der Waals surface area contributed by atoms with Gasteiger partial charge in [-0.05, 0) is 19.3 Å². The van der Waals surface area contributed by atoms with Crippen molar-refractivity contribution in [3.63, 3.8) is 0 Å². The van der Waals surface area contributed by atoms with Gasteiger partial charge in [-0.3, -0.25) is 9.35 Å². The van der Waals surface area contributed by atoms with Gasteiger partial charge in [0.1, 0.15) is 6.10 Å². The SMILES string of the molecule is CCCCCCCCCCCCCCC/C=C/C(O)C(CS(=O)(=O)O)NC(=O)C(O)CCCCCCCCCCCCCCCC. The van der Waals surface area contributed by atoms with E-state index in [9.17, 15) is 28.0 Å². The molecule has 0 aromatic carbocycles. The Morgan fingerprint density at radius 2 is 0.935 bits per heavy atom. The number of rotatable bonds is 35. The van der Waals surface area contributed by atoms with Crippen molar-refractivity contribution in [2.45, 2.75) is 218 Å². The maximum Gasteiger partial charge on any atom is 0.267 e. The second-order valence-corrected chi connectivity index (χ2v) is 15.2. The Labute approximate surface area is 284 Å². The fourth-order valence-electron chi connectivity index (χ4n) is 6.04. The van der Waals surface area contributed by atoms with E-state index in [4.69, 9.17) is 0 Å². The highest BCUT2D eigenvalue weighted by Crippen LogP contribution is 2.15. The van der Waals surface area contributed by atoms with Gasteiger partial charge >= 0.3 is 0 Å². The number of unbranched alkanes of at least 4 members (excludes halogenated alkanes) is 26. The van der Waals surface area contributed by atoms with Crippen molar-refractivity contribution in [3.05, 3.63) is 12.2 Å². The molecule has 4 N–H and O–H groups in total. The zero-order chi connectivity index (χ0) is 34.1. The molecule has 0 fully saturated rings. The predicted octanol–water partition coefficient (Wildman–Crippen LogP) is 9.99. The molecule has 1 amide bonds. The second kappa shape index (κ2) is 32.6. The van der Waals surface area contributed by atoms with E-state index in [1.165, 1.54) is 141 Å². The summed E-state index contributed by atoms with van der Waals surface area (Å²) >= 11 is 0. The van der Waals surface area contributed by atoms with E-state index >= 15 is 0 Å². The summed E-state index contributed by atoms with van der Waals surface area (Å²) in [5.41, 5.74) is 0. The molecular weight excluding hydrogens is 598 g/mol. The molecule has 3 unspecified atom stereocenters. The molecule has 274 valence electrons. The van der Waals surface area contributed by atoms with Crippen molar-refractivity contribution in [2.24, 2.45) is 0 Å². The minimum Gasteiger partial charge on any atom is -0.387 e. The van der Waals surface area contributed by atoms with Crippen molar-refractivity contribution in [1.29, 1.82) is 0 Å². The van der Waals surface area contributed by atoms with Crippen LogP contribution in [-0.2, 0) is 14.9 Å². The molecule has 8 heteroatoms. The Morgan fingerprint density at radius 1 is 0.587 bits per heavy atom. The molecule has 0 rings (SSSR count). The first-order chi connectivity index (χ1) is 22.2. The molecule has 3 atom stereocenters. The number of aliphatic hydroxyl groups is 2. The second-order valence-electron chi connectivity index (χ2n) is 13.7. The van der Waals surface area contributed by atoms with Gasteiger partial charge in [0.25, 0.3) is 10.1 Å². The van der Waals surface area contributed by atoms with Crippen LogP contribution in [0.15, 0.2) is 12.2 Å². The summed E-state index contributed by atoms with van der Waals surface area (Å²) in [5, 5.41) is 23.3. The van der Waals surface area contributed by atoms with Crippen molar-refractivity contribution >= 4 is 16.0 Å². The number of hydrogen-bond donors (Lipinski definition) is 4. The molecule has 0 aliphatic carbocycles. The molecule has 0 heterocycles. The van der Waals surface area contributed by atoms with Crippen LogP contribution in [0.4, 0.5) is 0 Å². The maximum absolute atomic E-state index is 12.5. The summed E-state index contributed by atoms with van der Waals surface area (Å²) in [7, 11) is -4.43. The zero-order valence-corrected chi connectivity index (χ0v) is 30.9. The predicted molar refractivity (Wildman–Crippen MR) is 195 cm³/mol. The van der Waals surface area contributed by atoms with Crippen LogP contribution in [0.25, 0.3) is 0 Å². The minimum absolute atomic E-state index is 0.285. The lowest BCUT2D eigenvalue weighted by atomic mass is 10.0. The molecule has 0 aromatic heterocycles. The monoisotopic (exact) mass is 674 g/mol. The number of carbonyl (C=O) groups excluding carboxylic acids is 1. The highest BCUT2D eigenvalue weighted by molar-refractivity contribution is 7.85. The van der Waals surface area contributed by atoms with Crippen LogP contribution in [0, 0.1) is 0 Å². The lowest BCUT2D eigenvalue weighted by Crippen LogP contribution is -2.50. The van der Waals surface area contributed by atoms with Crippen LogP contribution in [0.3, 0.4) is 0 Å². The average molecular weight is 674 g/mol. The summed E-state index contributed by atoms with van der Waals surface area (Å²) in [6.45, 7) is 4.50. The molecule has 0 saturated heterocycles. The van der Waals surface area contributed by atoms with Crippen LogP contribution in [0.2, 0.25) is 0 Å². The summed E-state index contributed by atoms with van der Waals surface area (Å²) in [6, 6.07) is -1.23. The average Bonchev–Trinajstić information content (AvgIpc) is 3.01. The largest absolute Gasteiger partial charge is 0.387 e. The Bertz CT molecular complexity index is 803. The summed E-state index contributed by atoms with van der Waals surface area (Å²) in [5.74, 6) is -1.53. The molecule has 0 saturated carbocycles. The van der Waals surface area contributed by atoms with Gasteiger partial charge in [-0.1, -0.05) is 193 Å². The van der Waals surface area contributed by atoms with E-state index in [0.717, 1.165) is 38.5 Å². The Kier molecular flexibility index (Phi) is 31.9. The molecular formula is C38H75NO6S. The van der Waals surface area contributed by atoms with Crippen LogP contribution in [0.5, 0.6) is 0 Å². The minimum atomic E-state index is -4.43. The number of carbonyl (C=O) groups is 1. The molecule has 0 aliphatic rings. The third-order valence-electron chi connectivity index (χ3n) is 9.07. The topological polar surface area (TPSA) is 124 Å². The smallest absolute Gasteiger partial charge is 0.267 e. The van der Waals surface area contributed by atoms with Crippen molar-refractivity contribution in [1.82, 2.24) is 5.32 Å². The van der Waals surface area contributed by atoms with E-state index in [-0.39, 0.29) is 6.42 Å². The van der Waals surface area contributed by atoms with Crippen LogP contribution in [-0.4, -0.2) is 53.1 Å². The molecule has 0 spiro atoms. The first-order valence-electron chi connectivity index (χ1n) is 19.5. The highest BCUT2D eigenvalue weighted by Gasteiger charge is 2.27. The van der Waals surface area contributed by atoms with Gasteiger partial charge in [-0.25, -0.2) is 0 Å². The normalized spacial score (nSPS) is 14.1. The van der Waals surface area contributed by atoms with E-state index in [1.54, 1.807) is 6.08 Å². The summed E-state index contributed by atoms with van der Waals surface area (Å²) in [4.78, 5) is 12.5.